The third-order valence-corrected chi connectivity index (χ3v) is 2.73. The number of nitrogens with zero attached hydrogens (tertiary/aromatic N) is 2. The van der Waals surface area contributed by atoms with Gasteiger partial charge in [0.15, 0.2) is 5.78 Å². The van der Waals surface area contributed by atoms with Crippen LogP contribution in [-0.2, 0) is 4.79 Å². The van der Waals surface area contributed by atoms with Gasteiger partial charge in [-0.25, -0.2) is 0 Å². The van der Waals surface area contributed by atoms with E-state index in [1.807, 2.05) is 0 Å². The first-order valence-electron chi connectivity index (χ1n) is 5.39. The van der Waals surface area contributed by atoms with Gasteiger partial charge in [-0.1, -0.05) is 18.2 Å². The highest BCUT2D eigenvalue weighted by molar-refractivity contribution is 6.00. The van der Waals surface area contributed by atoms with Crippen molar-refractivity contribution in [3.05, 3.63) is 30.3 Å². The van der Waals surface area contributed by atoms with Crippen LogP contribution in [0.25, 0.3) is 0 Å². The maximum Gasteiger partial charge on any atom is 0.431 e. The fraction of sp³-hybridized carbons (Fsp3) is 0.333. The molecule has 96 valence electrons. The smallest absolute Gasteiger partial charge is 0.298 e. The molecule has 18 heavy (non-hydrogen) atoms. The number of hydrogen-bond donors (Lipinski definition) is 0. The van der Waals surface area contributed by atoms with Crippen LogP contribution >= 0.6 is 0 Å². The molecular formula is C12H11F3N2O. The SMILES string of the molecule is CC(=O)C1CC(C(F)(F)F)=NN1c1ccccc1. The van der Waals surface area contributed by atoms with Gasteiger partial charge in [0.05, 0.1) is 5.69 Å². The fourth-order valence-corrected chi connectivity index (χ4v) is 1.82. The molecule has 0 radical (unpaired) electrons. The third kappa shape index (κ3) is 2.37. The number of carbonyl (C=O) groups is 1. The van der Waals surface area contributed by atoms with Crippen molar-refractivity contribution in [3.63, 3.8) is 0 Å². The zero-order valence-corrected chi connectivity index (χ0v) is 9.61. The quantitative estimate of drug-likeness (QED) is 0.815. The molecule has 0 saturated carbocycles. The first-order chi connectivity index (χ1) is 8.39. The van der Waals surface area contributed by atoms with Crippen molar-refractivity contribution < 1.29 is 18.0 Å². The maximum atomic E-state index is 12.6. The normalized spacial score (nSPS) is 19.9. The third-order valence-electron chi connectivity index (χ3n) is 2.73. The number of anilines is 1. The van der Waals surface area contributed by atoms with E-state index in [2.05, 4.69) is 5.10 Å². The molecular weight excluding hydrogens is 245 g/mol. The number of benzene rings is 1. The van der Waals surface area contributed by atoms with Gasteiger partial charge in [-0.15, -0.1) is 0 Å². The van der Waals surface area contributed by atoms with Crippen LogP contribution in [0.15, 0.2) is 35.4 Å². The molecule has 1 heterocycles. The lowest BCUT2D eigenvalue weighted by Gasteiger charge is -2.20. The average molecular weight is 256 g/mol. The van der Waals surface area contributed by atoms with Gasteiger partial charge in [0.1, 0.15) is 11.8 Å². The summed E-state index contributed by atoms with van der Waals surface area (Å²) in [5.74, 6) is -0.332. The van der Waals surface area contributed by atoms with Crippen molar-refractivity contribution in [2.45, 2.75) is 25.6 Å². The molecule has 0 aliphatic carbocycles. The molecule has 0 aromatic heterocycles. The zero-order valence-electron chi connectivity index (χ0n) is 9.61. The van der Waals surface area contributed by atoms with Gasteiger partial charge in [-0.05, 0) is 19.1 Å². The van der Waals surface area contributed by atoms with Crippen LogP contribution in [0.1, 0.15) is 13.3 Å². The van der Waals surface area contributed by atoms with Crippen molar-refractivity contribution in [2.24, 2.45) is 5.10 Å². The summed E-state index contributed by atoms with van der Waals surface area (Å²) >= 11 is 0. The molecule has 3 nitrogen and oxygen atoms in total. The van der Waals surface area contributed by atoms with Crippen molar-refractivity contribution >= 4 is 17.2 Å². The van der Waals surface area contributed by atoms with Crippen LogP contribution in [-0.4, -0.2) is 23.7 Å². The van der Waals surface area contributed by atoms with E-state index in [-0.39, 0.29) is 5.78 Å². The number of rotatable bonds is 2. The standard InChI is InChI=1S/C12H11F3N2O/c1-8(18)10-7-11(12(13,14)15)16-17(10)9-5-3-2-4-6-9/h2-6,10H,7H2,1H3. The first-order valence-corrected chi connectivity index (χ1v) is 5.39. The summed E-state index contributed by atoms with van der Waals surface area (Å²) in [4.78, 5) is 11.4. The van der Waals surface area contributed by atoms with Gasteiger partial charge in [0.25, 0.3) is 0 Å². The van der Waals surface area contributed by atoms with E-state index >= 15 is 0 Å². The highest BCUT2D eigenvalue weighted by Gasteiger charge is 2.44. The van der Waals surface area contributed by atoms with E-state index in [1.165, 1.54) is 6.92 Å². The average Bonchev–Trinajstić information content (AvgIpc) is 2.74. The molecule has 1 unspecified atom stereocenters. The molecule has 0 fully saturated rings. The van der Waals surface area contributed by atoms with Crippen LogP contribution in [0.4, 0.5) is 18.9 Å². The Morgan fingerprint density at radius 1 is 1.33 bits per heavy atom. The minimum absolute atomic E-state index is 0.332. The van der Waals surface area contributed by atoms with E-state index in [0.29, 0.717) is 5.69 Å². The van der Waals surface area contributed by atoms with E-state index < -0.39 is 24.4 Å². The highest BCUT2D eigenvalue weighted by atomic mass is 19.4. The molecule has 0 N–H and O–H groups in total. The summed E-state index contributed by atoms with van der Waals surface area (Å²) in [5.41, 5.74) is -0.427. The molecule has 1 aromatic rings. The Hall–Kier alpha value is -1.85. The van der Waals surface area contributed by atoms with Crippen LogP contribution in [0, 0.1) is 0 Å². The number of alkyl halides is 3. The Morgan fingerprint density at radius 3 is 2.44 bits per heavy atom. The van der Waals surface area contributed by atoms with Crippen molar-refractivity contribution in [3.8, 4) is 0 Å². The van der Waals surface area contributed by atoms with Crippen LogP contribution < -0.4 is 5.01 Å². The van der Waals surface area contributed by atoms with E-state index in [4.69, 9.17) is 0 Å². The molecule has 0 saturated heterocycles. The zero-order chi connectivity index (χ0) is 13.3. The minimum atomic E-state index is -4.49. The Kier molecular flexibility index (Phi) is 3.11. The second kappa shape index (κ2) is 4.44. The second-order valence-electron chi connectivity index (χ2n) is 4.06. The lowest BCUT2D eigenvalue weighted by atomic mass is 10.1. The molecule has 1 aliphatic rings. The van der Waals surface area contributed by atoms with Gasteiger partial charge < -0.3 is 0 Å². The van der Waals surface area contributed by atoms with E-state index in [1.54, 1.807) is 30.3 Å². The van der Waals surface area contributed by atoms with Gasteiger partial charge in [0, 0.05) is 6.42 Å². The van der Waals surface area contributed by atoms with Gasteiger partial charge >= 0.3 is 6.18 Å². The molecule has 6 heteroatoms. The van der Waals surface area contributed by atoms with Gasteiger partial charge in [-0.3, -0.25) is 9.80 Å². The predicted molar refractivity (Wildman–Crippen MR) is 61.5 cm³/mol. The summed E-state index contributed by atoms with van der Waals surface area (Å²) in [6.45, 7) is 1.27. The molecule has 0 bridgehead atoms. The van der Waals surface area contributed by atoms with Gasteiger partial charge in [-0.2, -0.15) is 18.3 Å². The summed E-state index contributed by atoms with van der Waals surface area (Å²) in [6, 6.07) is 7.50. The second-order valence-corrected chi connectivity index (χ2v) is 4.06. The molecule has 1 aliphatic heterocycles. The Labute approximate surface area is 102 Å². The number of halogens is 3. The first kappa shape index (κ1) is 12.6. The van der Waals surface area contributed by atoms with E-state index in [0.717, 1.165) is 5.01 Å². The molecule has 0 spiro atoms. The van der Waals surface area contributed by atoms with Crippen molar-refractivity contribution in [2.75, 3.05) is 5.01 Å². The minimum Gasteiger partial charge on any atom is -0.298 e. The molecule has 2 rings (SSSR count). The Balaban J connectivity index is 2.36. The Bertz CT molecular complexity index is 482. The Morgan fingerprint density at radius 2 is 1.94 bits per heavy atom. The lowest BCUT2D eigenvalue weighted by molar-refractivity contribution is -0.118. The highest BCUT2D eigenvalue weighted by Crippen LogP contribution is 2.31. The van der Waals surface area contributed by atoms with Crippen LogP contribution in [0.3, 0.4) is 0 Å². The van der Waals surface area contributed by atoms with Crippen molar-refractivity contribution in [1.82, 2.24) is 0 Å². The summed E-state index contributed by atoms with van der Waals surface area (Å²) in [5, 5.41) is 4.68. The number of hydrazone groups is 1. The monoisotopic (exact) mass is 256 g/mol. The maximum absolute atomic E-state index is 12.6. The number of Topliss-reactive ketones (excluding diaryl/α,β-unsaturated/α-hetero) is 1. The predicted octanol–water partition coefficient (Wildman–Crippen LogP) is 2.77. The number of hydrogen-bond acceptors (Lipinski definition) is 3. The molecule has 1 aromatic carbocycles. The summed E-state index contributed by atoms with van der Waals surface area (Å²) in [6.07, 6.45) is -4.88. The topological polar surface area (TPSA) is 32.7 Å². The van der Waals surface area contributed by atoms with Crippen LogP contribution in [0.5, 0.6) is 0 Å². The molecule has 0 amide bonds. The lowest BCUT2D eigenvalue weighted by Crippen LogP contribution is -2.33. The molecule has 1 atom stereocenters. The fourth-order valence-electron chi connectivity index (χ4n) is 1.82. The number of ketones is 1. The van der Waals surface area contributed by atoms with E-state index in [9.17, 15) is 18.0 Å². The van der Waals surface area contributed by atoms with Crippen molar-refractivity contribution in [1.29, 1.82) is 0 Å². The number of para-hydroxylation sites is 1. The van der Waals surface area contributed by atoms with Crippen LogP contribution in [0.2, 0.25) is 0 Å². The largest absolute Gasteiger partial charge is 0.431 e. The van der Waals surface area contributed by atoms with Gasteiger partial charge in [0.2, 0.25) is 0 Å². The summed E-state index contributed by atoms with van der Waals surface area (Å²) in [7, 11) is 0. The number of carbonyl (C=O) groups excluding carboxylic acids is 1. The summed E-state index contributed by atoms with van der Waals surface area (Å²) < 4.78 is 37.9.